The number of carbonyl (C=O) groups is 2. The van der Waals surface area contributed by atoms with E-state index in [-0.39, 0.29) is 23.6 Å². The quantitative estimate of drug-likeness (QED) is 0.317. The van der Waals surface area contributed by atoms with Gasteiger partial charge in [-0.15, -0.1) is 0 Å². The van der Waals surface area contributed by atoms with Crippen molar-refractivity contribution in [2.75, 3.05) is 18.5 Å². The molecule has 4 rings (SSSR count). The van der Waals surface area contributed by atoms with E-state index in [9.17, 15) is 29.2 Å². The summed E-state index contributed by atoms with van der Waals surface area (Å²) in [5.74, 6) is -2.33. The molecule has 2 aromatic heterocycles. The van der Waals surface area contributed by atoms with Crippen LogP contribution in [0.4, 0.5) is 20.7 Å². The molecular weight excluding hydrogens is 523 g/mol. The minimum atomic E-state index is -1.26. The summed E-state index contributed by atoms with van der Waals surface area (Å²) in [7, 11) is 3.31. The normalized spacial score (nSPS) is 15.2. The maximum atomic E-state index is 14.3. The van der Waals surface area contributed by atoms with Gasteiger partial charge in [-0.1, -0.05) is 0 Å². The molecule has 1 aliphatic heterocycles. The summed E-state index contributed by atoms with van der Waals surface area (Å²) >= 11 is 0. The first-order valence-electron chi connectivity index (χ1n) is 12.7. The van der Waals surface area contributed by atoms with E-state index >= 15 is 0 Å². The van der Waals surface area contributed by atoms with Gasteiger partial charge in [0.1, 0.15) is 23.3 Å². The topological polar surface area (TPSA) is 144 Å². The van der Waals surface area contributed by atoms with Crippen LogP contribution in [0.15, 0.2) is 36.7 Å². The number of pyridine rings is 1. The minimum Gasteiger partial charge on any atom is -0.478 e. The van der Waals surface area contributed by atoms with Crippen molar-refractivity contribution in [3.63, 3.8) is 0 Å². The molecule has 12 nitrogen and oxygen atoms in total. The van der Waals surface area contributed by atoms with Crippen LogP contribution in [-0.4, -0.2) is 61.0 Å². The van der Waals surface area contributed by atoms with Gasteiger partial charge < -0.3 is 29.8 Å². The third-order valence-electron chi connectivity index (χ3n) is 6.44. The maximum Gasteiger partial charge on any atom is 0.410 e. The highest BCUT2D eigenvalue weighted by Gasteiger charge is 2.33. The summed E-state index contributed by atoms with van der Waals surface area (Å²) in [6.45, 7) is 5.86. The molecule has 1 saturated heterocycles. The number of hydrogen-bond donors (Lipinski definition) is 1. The molecule has 1 fully saturated rings. The van der Waals surface area contributed by atoms with Crippen molar-refractivity contribution < 1.29 is 28.7 Å². The minimum absolute atomic E-state index is 0.116. The number of ether oxygens (including phenoxy) is 1. The van der Waals surface area contributed by atoms with Crippen LogP contribution >= 0.6 is 0 Å². The zero-order valence-electron chi connectivity index (χ0n) is 22.9. The lowest BCUT2D eigenvalue weighted by Crippen LogP contribution is -2.34. The number of hydrogen-bond acceptors (Lipinski definition) is 8. The molecule has 0 bridgehead atoms. The molecule has 1 aromatic carbocycles. The van der Waals surface area contributed by atoms with Gasteiger partial charge in [0.25, 0.3) is 0 Å². The first-order chi connectivity index (χ1) is 18.7. The van der Waals surface area contributed by atoms with E-state index in [4.69, 9.17) is 4.74 Å². The van der Waals surface area contributed by atoms with E-state index in [1.807, 2.05) is 0 Å². The summed E-state index contributed by atoms with van der Waals surface area (Å²) in [4.78, 5) is 42.8. The number of nitrogens with zero attached hydrogens (tertiary/aromatic N) is 6. The van der Waals surface area contributed by atoms with Crippen molar-refractivity contribution in [2.45, 2.75) is 51.8 Å². The van der Waals surface area contributed by atoms with Gasteiger partial charge in [0.05, 0.1) is 23.8 Å². The van der Waals surface area contributed by atoms with Crippen LogP contribution in [-0.2, 0) is 18.3 Å². The fourth-order valence-corrected chi connectivity index (χ4v) is 4.80. The van der Waals surface area contributed by atoms with Gasteiger partial charge in [0.15, 0.2) is 0 Å². The lowest BCUT2D eigenvalue weighted by atomic mass is 10.0. The average molecular weight is 555 g/mol. The number of carboxylic acid groups (broad SMARTS) is 1. The summed E-state index contributed by atoms with van der Waals surface area (Å²) < 4.78 is 21.3. The molecule has 3 heterocycles. The molecule has 1 N–H and O–H groups in total. The number of amides is 1. The number of halogens is 1. The SMILES string of the molecule is CN(Cc1nn(C)cc1-c1cnc([N+](=O)[O-])c(N2CCC[C@@H]2c2cc(F)cc(C(=O)O)c2)c1)C(=O)OC(C)(C)C. The molecule has 13 heteroatoms. The lowest BCUT2D eigenvalue weighted by Gasteiger charge is -2.27. The number of carboxylic acids is 1. The van der Waals surface area contributed by atoms with E-state index in [1.165, 1.54) is 23.2 Å². The molecule has 0 saturated carbocycles. The zero-order valence-corrected chi connectivity index (χ0v) is 22.9. The Morgan fingerprint density at radius 2 is 2.00 bits per heavy atom. The monoisotopic (exact) mass is 554 g/mol. The Morgan fingerprint density at radius 3 is 2.65 bits per heavy atom. The maximum absolute atomic E-state index is 14.3. The number of benzene rings is 1. The second-order valence-electron chi connectivity index (χ2n) is 10.8. The van der Waals surface area contributed by atoms with Crippen LogP contribution in [0, 0.1) is 15.9 Å². The van der Waals surface area contributed by atoms with Gasteiger partial charge >= 0.3 is 17.9 Å². The number of anilines is 1. The van der Waals surface area contributed by atoms with Crippen molar-refractivity contribution >= 4 is 23.6 Å². The summed E-state index contributed by atoms with van der Waals surface area (Å²) in [6.07, 6.45) is 3.79. The molecule has 3 aromatic rings. The first-order valence-corrected chi connectivity index (χ1v) is 12.7. The lowest BCUT2D eigenvalue weighted by molar-refractivity contribution is -0.388. The van der Waals surface area contributed by atoms with Crippen LogP contribution in [0.5, 0.6) is 0 Å². The Bertz CT molecular complexity index is 1470. The molecule has 1 aliphatic rings. The molecule has 0 aliphatic carbocycles. The van der Waals surface area contributed by atoms with Crippen molar-refractivity contribution in [1.82, 2.24) is 19.7 Å². The molecule has 212 valence electrons. The Kier molecular flexibility index (Phi) is 7.76. The summed E-state index contributed by atoms with van der Waals surface area (Å²) in [5.41, 5.74) is 1.46. The van der Waals surface area contributed by atoms with E-state index in [1.54, 1.807) is 56.7 Å². The van der Waals surface area contributed by atoms with Crippen LogP contribution < -0.4 is 4.90 Å². The molecule has 0 spiro atoms. The number of rotatable bonds is 7. The largest absolute Gasteiger partial charge is 0.478 e. The smallest absolute Gasteiger partial charge is 0.410 e. The van der Waals surface area contributed by atoms with E-state index < -0.39 is 34.4 Å². The highest BCUT2D eigenvalue weighted by molar-refractivity contribution is 5.88. The van der Waals surface area contributed by atoms with Crippen molar-refractivity contribution in [2.24, 2.45) is 7.05 Å². The van der Waals surface area contributed by atoms with E-state index in [2.05, 4.69) is 10.1 Å². The summed E-state index contributed by atoms with van der Waals surface area (Å²) in [6, 6.07) is 4.73. The standard InChI is InChI=1S/C27H31FN6O6/c1-27(2,3)40-26(37)31(4)15-21-20(14-32(5)30-21)18-12-23(24(29-13-18)34(38)39)33-8-6-7-22(33)16-9-17(25(35)36)11-19(28)10-16/h9-14,22H,6-8,15H2,1-5H3,(H,35,36)/t22-/m1/s1. The van der Waals surface area contributed by atoms with Gasteiger partial charge in [0, 0.05) is 38.0 Å². The highest BCUT2D eigenvalue weighted by Crippen LogP contribution is 2.42. The predicted molar refractivity (Wildman–Crippen MR) is 143 cm³/mol. The number of aromatic carboxylic acids is 1. The van der Waals surface area contributed by atoms with Crippen LogP contribution in [0.1, 0.15) is 61.3 Å². The fourth-order valence-electron chi connectivity index (χ4n) is 4.80. The number of aryl methyl sites for hydroxylation is 1. The number of nitro groups is 1. The van der Waals surface area contributed by atoms with Crippen LogP contribution in [0.3, 0.4) is 0 Å². The molecule has 0 unspecified atom stereocenters. The molecule has 0 radical (unpaired) electrons. The van der Waals surface area contributed by atoms with Crippen molar-refractivity contribution in [3.8, 4) is 11.1 Å². The molecular formula is C27H31FN6O6. The third-order valence-corrected chi connectivity index (χ3v) is 6.44. The highest BCUT2D eigenvalue weighted by atomic mass is 19.1. The molecule has 1 amide bonds. The van der Waals surface area contributed by atoms with Crippen LogP contribution in [0.25, 0.3) is 11.1 Å². The second kappa shape index (κ2) is 10.9. The number of aromatic nitrogens is 3. The van der Waals surface area contributed by atoms with Gasteiger partial charge in [-0.25, -0.2) is 14.0 Å². The predicted octanol–water partition coefficient (Wildman–Crippen LogP) is 4.94. The molecule has 1 atom stereocenters. The van der Waals surface area contributed by atoms with E-state index in [0.717, 1.165) is 6.07 Å². The average Bonchev–Trinajstić information content (AvgIpc) is 3.48. The van der Waals surface area contributed by atoms with E-state index in [0.29, 0.717) is 41.8 Å². The summed E-state index contributed by atoms with van der Waals surface area (Å²) in [5, 5.41) is 25.9. The first kappa shape index (κ1) is 28.5. The Hall–Kier alpha value is -4.55. The Morgan fingerprint density at radius 1 is 1.27 bits per heavy atom. The third kappa shape index (κ3) is 6.19. The van der Waals surface area contributed by atoms with Crippen molar-refractivity contribution in [3.05, 3.63) is 69.4 Å². The van der Waals surface area contributed by atoms with Crippen LogP contribution in [0.2, 0.25) is 0 Å². The zero-order chi connectivity index (χ0) is 29.4. The van der Waals surface area contributed by atoms with Gasteiger partial charge in [-0.05, 0) is 73.3 Å². The Balaban J connectivity index is 1.73. The van der Waals surface area contributed by atoms with Gasteiger partial charge in [-0.3, -0.25) is 4.68 Å². The fraction of sp³-hybridized carbons (Fsp3) is 0.407. The van der Waals surface area contributed by atoms with Crippen molar-refractivity contribution in [1.29, 1.82) is 0 Å². The molecule has 40 heavy (non-hydrogen) atoms. The van der Waals surface area contributed by atoms with Gasteiger partial charge in [0.2, 0.25) is 0 Å². The number of carbonyl (C=O) groups excluding carboxylic acids is 1. The Labute approximate surface area is 230 Å². The van der Waals surface area contributed by atoms with Gasteiger partial charge in [-0.2, -0.15) is 5.10 Å². The second-order valence-corrected chi connectivity index (χ2v) is 10.8.